The van der Waals surface area contributed by atoms with Crippen LogP contribution in [0.4, 0.5) is 11.5 Å². The van der Waals surface area contributed by atoms with E-state index in [0.717, 1.165) is 24.5 Å². The van der Waals surface area contributed by atoms with Crippen molar-refractivity contribution in [1.82, 2.24) is 9.78 Å². The van der Waals surface area contributed by atoms with Crippen LogP contribution in [0, 0.1) is 18.3 Å². The molecule has 0 amide bonds. The Morgan fingerprint density at radius 2 is 2.25 bits per heavy atom. The molecule has 5 nitrogen and oxygen atoms in total. The first kappa shape index (κ1) is 12.4. The van der Waals surface area contributed by atoms with Crippen LogP contribution >= 0.6 is 0 Å². The van der Waals surface area contributed by atoms with Gasteiger partial charge in [0.1, 0.15) is 5.82 Å². The molecule has 0 saturated carbocycles. The summed E-state index contributed by atoms with van der Waals surface area (Å²) in [6, 6.07) is 2.13. The number of aryl methyl sites for hydroxylation is 2. The Morgan fingerprint density at radius 3 is 2.81 bits per heavy atom. The Bertz CT molecular complexity index is 388. The van der Waals surface area contributed by atoms with Crippen molar-refractivity contribution in [2.45, 2.75) is 33.2 Å². The molecule has 88 valence electrons. The summed E-state index contributed by atoms with van der Waals surface area (Å²) in [5.74, 6) is 0.926. The number of aromatic nitrogens is 2. The molecule has 0 saturated heterocycles. The molecule has 5 heteroatoms. The largest absolute Gasteiger partial charge is 0.394 e. The van der Waals surface area contributed by atoms with Crippen molar-refractivity contribution < 1.29 is 0 Å². The highest BCUT2D eigenvalue weighted by Crippen LogP contribution is 2.25. The molecule has 0 aromatic carbocycles. The fourth-order valence-corrected chi connectivity index (χ4v) is 1.68. The topological polar surface area (TPSA) is 70.9 Å². The maximum absolute atomic E-state index is 8.58. The Balaban J connectivity index is 2.95. The van der Waals surface area contributed by atoms with Crippen molar-refractivity contribution >= 4 is 11.5 Å². The van der Waals surface area contributed by atoms with E-state index in [4.69, 9.17) is 11.0 Å². The lowest BCUT2D eigenvalue weighted by atomic mass is 10.3. The van der Waals surface area contributed by atoms with Crippen LogP contribution in [0.3, 0.4) is 0 Å². The van der Waals surface area contributed by atoms with E-state index >= 15 is 0 Å². The van der Waals surface area contributed by atoms with Crippen molar-refractivity contribution in [3.05, 3.63) is 5.69 Å². The molecule has 0 aliphatic heterocycles. The first-order valence-corrected chi connectivity index (χ1v) is 5.52. The van der Waals surface area contributed by atoms with E-state index in [2.05, 4.69) is 18.1 Å². The van der Waals surface area contributed by atoms with Gasteiger partial charge in [-0.2, -0.15) is 10.4 Å². The highest BCUT2D eigenvalue weighted by molar-refractivity contribution is 5.65. The maximum atomic E-state index is 8.58. The molecule has 0 aliphatic carbocycles. The molecule has 1 heterocycles. The van der Waals surface area contributed by atoms with Gasteiger partial charge in [0, 0.05) is 20.1 Å². The molecule has 0 fully saturated rings. The molecule has 0 bridgehead atoms. The molecule has 1 rings (SSSR count). The van der Waals surface area contributed by atoms with Crippen molar-refractivity contribution in [2.75, 3.05) is 24.2 Å². The van der Waals surface area contributed by atoms with Crippen LogP contribution in [-0.4, -0.2) is 23.4 Å². The maximum Gasteiger partial charge on any atom is 0.150 e. The van der Waals surface area contributed by atoms with E-state index in [0.29, 0.717) is 18.7 Å². The monoisotopic (exact) mass is 221 g/mol. The summed E-state index contributed by atoms with van der Waals surface area (Å²) < 4.78 is 1.92. The molecule has 16 heavy (non-hydrogen) atoms. The van der Waals surface area contributed by atoms with E-state index in [1.54, 1.807) is 0 Å². The molecule has 1 aromatic heterocycles. The lowest BCUT2D eigenvalue weighted by Crippen LogP contribution is -2.22. The van der Waals surface area contributed by atoms with Gasteiger partial charge >= 0.3 is 0 Å². The van der Waals surface area contributed by atoms with Gasteiger partial charge in [-0.05, 0) is 13.3 Å². The van der Waals surface area contributed by atoms with Crippen molar-refractivity contribution in [2.24, 2.45) is 0 Å². The second-order valence-electron chi connectivity index (χ2n) is 3.88. The smallest absolute Gasteiger partial charge is 0.150 e. The zero-order valence-corrected chi connectivity index (χ0v) is 10.2. The zero-order valence-electron chi connectivity index (χ0n) is 10.2. The lowest BCUT2D eigenvalue weighted by molar-refractivity contribution is 0.592. The first-order valence-electron chi connectivity index (χ1n) is 5.52. The minimum absolute atomic E-state index is 0.492. The number of hydrogen-bond donors (Lipinski definition) is 1. The average molecular weight is 221 g/mol. The highest BCUT2D eigenvalue weighted by Gasteiger charge is 2.15. The number of nitrogens with zero attached hydrogens (tertiary/aromatic N) is 4. The average Bonchev–Trinajstić information content (AvgIpc) is 2.52. The van der Waals surface area contributed by atoms with E-state index in [9.17, 15) is 0 Å². The molecule has 0 unspecified atom stereocenters. The van der Waals surface area contributed by atoms with Crippen LogP contribution in [-0.2, 0) is 6.54 Å². The van der Waals surface area contributed by atoms with Gasteiger partial charge in [-0.25, -0.2) is 4.68 Å². The summed E-state index contributed by atoms with van der Waals surface area (Å²) in [4.78, 5) is 1.99. The van der Waals surface area contributed by atoms with E-state index in [-0.39, 0.29) is 0 Å². The van der Waals surface area contributed by atoms with E-state index in [1.165, 1.54) is 0 Å². The molecule has 0 spiro atoms. The Kier molecular flexibility index (Phi) is 4.18. The summed E-state index contributed by atoms with van der Waals surface area (Å²) in [7, 11) is 1.94. The molecular weight excluding hydrogens is 202 g/mol. The van der Waals surface area contributed by atoms with Gasteiger partial charge in [0.25, 0.3) is 0 Å². The summed E-state index contributed by atoms with van der Waals surface area (Å²) in [6.45, 7) is 5.54. The SMILES string of the molecule is CCCn1nc(C)c(N)c1N(C)CCC#N. The molecule has 0 aliphatic rings. The highest BCUT2D eigenvalue weighted by atomic mass is 15.4. The van der Waals surface area contributed by atoms with Crippen molar-refractivity contribution in [3.63, 3.8) is 0 Å². The predicted octanol–water partition coefficient (Wildman–Crippen LogP) is 1.53. The Hall–Kier alpha value is -1.70. The van der Waals surface area contributed by atoms with Crippen LogP contribution in [0.15, 0.2) is 0 Å². The molecular formula is C11H19N5. The minimum atomic E-state index is 0.492. The number of anilines is 2. The number of nitrogens with two attached hydrogens (primary N) is 1. The third-order valence-electron chi connectivity index (χ3n) is 2.50. The fourth-order valence-electron chi connectivity index (χ4n) is 1.68. The second kappa shape index (κ2) is 5.40. The predicted molar refractivity (Wildman–Crippen MR) is 65.2 cm³/mol. The Morgan fingerprint density at radius 1 is 1.56 bits per heavy atom. The van der Waals surface area contributed by atoms with Gasteiger partial charge in [0.15, 0.2) is 0 Å². The van der Waals surface area contributed by atoms with Crippen molar-refractivity contribution in [3.8, 4) is 6.07 Å². The molecule has 0 atom stereocenters. The van der Waals surface area contributed by atoms with Gasteiger partial charge in [0.2, 0.25) is 0 Å². The van der Waals surface area contributed by atoms with Crippen LogP contribution in [0.5, 0.6) is 0 Å². The summed E-state index contributed by atoms with van der Waals surface area (Å²) >= 11 is 0. The fraction of sp³-hybridized carbons (Fsp3) is 0.636. The van der Waals surface area contributed by atoms with Crippen LogP contribution in [0.25, 0.3) is 0 Å². The Labute approximate surface area is 96.5 Å². The van der Waals surface area contributed by atoms with Crippen LogP contribution in [0.2, 0.25) is 0 Å². The van der Waals surface area contributed by atoms with Crippen molar-refractivity contribution in [1.29, 1.82) is 5.26 Å². The number of nitrogen functional groups attached to an aromatic ring is 1. The number of nitriles is 1. The summed E-state index contributed by atoms with van der Waals surface area (Å²) in [5, 5.41) is 13.0. The summed E-state index contributed by atoms with van der Waals surface area (Å²) in [5.41, 5.74) is 7.57. The number of hydrogen-bond acceptors (Lipinski definition) is 4. The van der Waals surface area contributed by atoms with Gasteiger partial charge in [-0.15, -0.1) is 0 Å². The van der Waals surface area contributed by atoms with Gasteiger partial charge in [-0.1, -0.05) is 6.92 Å². The third kappa shape index (κ3) is 2.45. The quantitative estimate of drug-likeness (QED) is 0.818. The molecule has 1 aromatic rings. The molecule has 0 radical (unpaired) electrons. The summed E-state index contributed by atoms with van der Waals surface area (Å²) in [6.07, 6.45) is 1.51. The van der Waals surface area contributed by atoms with E-state index < -0.39 is 0 Å². The van der Waals surface area contributed by atoms with Gasteiger partial charge < -0.3 is 10.6 Å². The zero-order chi connectivity index (χ0) is 12.1. The van der Waals surface area contributed by atoms with Gasteiger partial charge in [-0.3, -0.25) is 0 Å². The first-order chi connectivity index (χ1) is 7.61. The standard InChI is InChI=1S/C11H19N5/c1-4-7-16-11(10(13)9(2)14-16)15(3)8-5-6-12/h4-5,7-8,13H2,1-3H3. The third-order valence-corrected chi connectivity index (χ3v) is 2.50. The normalized spacial score (nSPS) is 10.1. The number of rotatable bonds is 5. The second-order valence-corrected chi connectivity index (χ2v) is 3.88. The minimum Gasteiger partial charge on any atom is -0.394 e. The molecule has 2 N–H and O–H groups in total. The van der Waals surface area contributed by atoms with Gasteiger partial charge in [0.05, 0.1) is 23.9 Å². The van der Waals surface area contributed by atoms with Crippen LogP contribution in [0.1, 0.15) is 25.5 Å². The van der Waals surface area contributed by atoms with Crippen LogP contribution < -0.4 is 10.6 Å². The lowest BCUT2D eigenvalue weighted by Gasteiger charge is -2.19. The van der Waals surface area contributed by atoms with E-state index in [1.807, 2.05) is 23.6 Å².